The number of carbonyl (C=O) groups excluding carboxylic acids is 3. The Labute approximate surface area is 180 Å². The molecule has 1 saturated heterocycles. The predicted molar refractivity (Wildman–Crippen MR) is 113 cm³/mol. The van der Waals surface area contributed by atoms with Gasteiger partial charge in [-0.05, 0) is 45.6 Å². The molecule has 1 aliphatic rings. The Hall–Kier alpha value is -3.46. The molecule has 0 saturated carbocycles. The number of aryl methyl sites for hydroxylation is 1. The minimum Gasteiger partial charge on any atom is -0.507 e. The number of ether oxygens (including phenoxy) is 1. The van der Waals surface area contributed by atoms with Gasteiger partial charge in [-0.3, -0.25) is 14.6 Å². The maximum Gasteiger partial charge on any atom is 0.354 e. The molecule has 1 fully saturated rings. The van der Waals surface area contributed by atoms with Crippen molar-refractivity contribution in [2.45, 2.75) is 19.9 Å². The maximum atomic E-state index is 13.0. The second kappa shape index (κ2) is 8.73. The van der Waals surface area contributed by atoms with Gasteiger partial charge in [-0.2, -0.15) is 0 Å². The van der Waals surface area contributed by atoms with Crippen LogP contribution >= 0.6 is 0 Å². The molecule has 0 aromatic carbocycles. The molecule has 0 radical (unpaired) electrons. The molecule has 0 spiro atoms. The first kappa shape index (κ1) is 22.2. The van der Waals surface area contributed by atoms with Crippen molar-refractivity contribution in [1.82, 2.24) is 19.8 Å². The lowest BCUT2D eigenvalue weighted by Crippen LogP contribution is -2.35. The maximum absolute atomic E-state index is 13.0. The van der Waals surface area contributed by atoms with Gasteiger partial charge in [0.1, 0.15) is 17.5 Å². The molecule has 1 aliphatic heterocycles. The molecule has 0 bridgehead atoms. The van der Waals surface area contributed by atoms with Crippen molar-refractivity contribution in [2.24, 2.45) is 0 Å². The van der Waals surface area contributed by atoms with Crippen LogP contribution in [-0.2, 0) is 14.3 Å². The van der Waals surface area contributed by atoms with E-state index in [0.717, 1.165) is 0 Å². The zero-order valence-electron chi connectivity index (χ0n) is 18.2. The topological polar surface area (TPSA) is 116 Å². The number of aliphatic hydroxyl groups excluding tert-OH is 1. The third kappa shape index (κ3) is 3.96. The number of rotatable bonds is 6. The highest BCUT2D eigenvalue weighted by atomic mass is 16.5. The zero-order valence-corrected chi connectivity index (χ0v) is 18.2. The molecular weight excluding hydrogens is 400 g/mol. The highest BCUT2D eigenvalue weighted by Crippen LogP contribution is 2.40. The zero-order chi connectivity index (χ0) is 22.9. The number of hydrogen-bond donors (Lipinski definition) is 2. The van der Waals surface area contributed by atoms with Gasteiger partial charge in [0.25, 0.3) is 11.7 Å². The van der Waals surface area contributed by atoms with Crippen molar-refractivity contribution in [1.29, 1.82) is 0 Å². The lowest BCUT2D eigenvalue weighted by Gasteiger charge is -2.25. The Morgan fingerprint density at radius 3 is 2.58 bits per heavy atom. The van der Waals surface area contributed by atoms with Gasteiger partial charge in [-0.15, -0.1) is 0 Å². The summed E-state index contributed by atoms with van der Waals surface area (Å²) in [7, 11) is 5.00. The molecule has 3 rings (SSSR count). The van der Waals surface area contributed by atoms with Gasteiger partial charge in [0.2, 0.25) is 0 Å². The molecule has 1 unspecified atom stereocenters. The number of nitrogens with one attached hydrogen (secondary N) is 1. The molecule has 9 nitrogen and oxygen atoms in total. The fourth-order valence-corrected chi connectivity index (χ4v) is 3.81. The molecule has 2 aromatic rings. The van der Waals surface area contributed by atoms with E-state index >= 15 is 0 Å². The first-order chi connectivity index (χ1) is 14.7. The molecule has 2 aromatic heterocycles. The number of hydrogen-bond acceptors (Lipinski definition) is 7. The number of nitrogens with zero attached hydrogens (tertiary/aromatic N) is 3. The fraction of sp³-hybridized carbons (Fsp3) is 0.364. The average molecular weight is 426 g/mol. The van der Waals surface area contributed by atoms with Crippen LogP contribution < -0.4 is 0 Å². The molecule has 1 atom stereocenters. The third-order valence-corrected chi connectivity index (χ3v) is 5.36. The van der Waals surface area contributed by atoms with Crippen LogP contribution in [0, 0.1) is 13.8 Å². The normalized spacial score (nSPS) is 18.1. The second-order valence-electron chi connectivity index (χ2n) is 7.67. The highest BCUT2D eigenvalue weighted by molar-refractivity contribution is 6.46. The fourth-order valence-electron chi connectivity index (χ4n) is 3.81. The number of likely N-dealkylation sites (N-methyl/N-ethyl adjacent to an activating group) is 1. The Bertz CT molecular complexity index is 1060. The van der Waals surface area contributed by atoms with E-state index in [1.54, 1.807) is 38.2 Å². The standard InChI is InChI=1S/C22H26N4O5/c1-12-15(13(2)24-17(12)22(30)31-5)19(27)16-18(14-8-6-7-9-23-14)26(11-10-25(3)4)21(29)20(16)28/h6-9,18,24,27H,10-11H2,1-5H3/b19-16+. The minimum atomic E-state index is -0.837. The lowest BCUT2D eigenvalue weighted by atomic mass is 9.96. The number of aliphatic hydroxyl groups is 1. The molecule has 0 aliphatic carbocycles. The summed E-state index contributed by atoms with van der Waals surface area (Å²) in [6.45, 7) is 4.13. The summed E-state index contributed by atoms with van der Waals surface area (Å²) in [5, 5.41) is 11.2. The number of amides is 1. The summed E-state index contributed by atoms with van der Waals surface area (Å²) in [5.74, 6) is -2.42. The molecule has 3 heterocycles. The van der Waals surface area contributed by atoms with E-state index in [1.807, 2.05) is 19.0 Å². The predicted octanol–water partition coefficient (Wildman–Crippen LogP) is 1.80. The Kier molecular flexibility index (Phi) is 6.26. The number of aromatic amines is 1. The van der Waals surface area contributed by atoms with Crippen LogP contribution in [0.15, 0.2) is 30.0 Å². The van der Waals surface area contributed by atoms with E-state index in [1.165, 1.54) is 12.0 Å². The Balaban J connectivity index is 2.20. The Morgan fingerprint density at radius 2 is 2.00 bits per heavy atom. The average Bonchev–Trinajstić information content (AvgIpc) is 3.18. The van der Waals surface area contributed by atoms with Gasteiger partial charge in [-0.25, -0.2) is 4.79 Å². The quantitative estimate of drug-likeness (QED) is 0.313. The highest BCUT2D eigenvalue weighted by Gasteiger charge is 2.47. The van der Waals surface area contributed by atoms with Gasteiger partial charge >= 0.3 is 5.97 Å². The van der Waals surface area contributed by atoms with Crippen molar-refractivity contribution < 1.29 is 24.2 Å². The smallest absolute Gasteiger partial charge is 0.354 e. The van der Waals surface area contributed by atoms with Crippen LogP contribution in [0.2, 0.25) is 0 Å². The second-order valence-corrected chi connectivity index (χ2v) is 7.67. The number of pyridine rings is 1. The third-order valence-electron chi connectivity index (χ3n) is 5.36. The largest absolute Gasteiger partial charge is 0.507 e. The van der Waals surface area contributed by atoms with Gasteiger partial charge in [-0.1, -0.05) is 6.07 Å². The van der Waals surface area contributed by atoms with Gasteiger partial charge < -0.3 is 24.6 Å². The summed E-state index contributed by atoms with van der Waals surface area (Å²) in [4.78, 5) is 48.5. The van der Waals surface area contributed by atoms with Crippen molar-refractivity contribution in [3.05, 3.63) is 58.2 Å². The molecule has 2 N–H and O–H groups in total. The molecule has 31 heavy (non-hydrogen) atoms. The number of methoxy groups -OCH3 is 1. The van der Waals surface area contributed by atoms with E-state index in [9.17, 15) is 19.5 Å². The van der Waals surface area contributed by atoms with Crippen molar-refractivity contribution >= 4 is 23.4 Å². The van der Waals surface area contributed by atoms with E-state index in [4.69, 9.17) is 4.74 Å². The van der Waals surface area contributed by atoms with E-state index < -0.39 is 23.7 Å². The van der Waals surface area contributed by atoms with Crippen molar-refractivity contribution in [3.8, 4) is 0 Å². The van der Waals surface area contributed by atoms with Crippen molar-refractivity contribution in [2.75, 3.05) is 34.3 Å². The first-order valence-electron chi connectivity index (χ1n) is 9.80. The number of likely N-dealkylation sites (tertiary alicyclic amines) is 1. The van der Waals surface area contributed by atoms with Crippen LogP contribution in [0.3, 0.4) is 0 Å². The summed E-state index contributed by atoms with van der Waals surface area (Å²) < 4.78 is 4.78. The van der Waals surface area contributed by atoms with Crippen LogP contribution in [0.5, 0.6) is 0 Å². The van der Waals surface area contributed by atoms with Crippen LogP contribution in [0.25, 0.3) is 5.76 Å². The van der Waals surface area contributed by atoms with Crippen molar-refractivity contribution in [3.63, 3.8) is 0 Å². The van der Waals surface area contributed by atoms with Crippen LogP contribution in [-0.4, -0.2) is 76.8 Å². The minimum absolute atomic E-state index is 0.0518. The monoisotopic (exact) mass is 426 g/mol. The number of ketones is 1. The van der Waals surface area contributed by atoms with Crippen LogP contribution in [0.4, 0.5) is 0 Å². The molecule has 9 heteroatoms. The number of carbonyl (C=O) groups is 3. The molecular formula is C22H26N4O5. The number of aromatic nitrogens is 2. The summed E-state index contributed by atoms with van der Waals surface area (Å²) >= 11 is 0. The number of H-pyrrole nitrogens is 1. The first-order valence-corrected chi connectivity index (χ1v) is 9.80. The summed E-state index contributed by atoms with van der Waals surface area (Å²) in [5.41, 5.74) is 1.81. The summed E-state index contributed by atoms with van der Waals surface area (Å²) in [6.07, 6.45) is 1.57. The molecule has 1 amide bonds. The number of Topliss-reactive ketones (excluding diaryl/α,β-unsaturated/α-hetero) is 1. The summed E-state index contributed by atoms with van der Waals surface area (Å²) in [6, 6.07) is 4.37. The van der Waals surface area contributed by atoms with Gasteiger partial charge in [0.15, 0.2) is 0 Å². The SMILES string of the molecule is COC(=O)c1[nH]c(C)c(/C(O)=C2\C(=O)C(=O)N(CCN(C)C)C2c2ccccn2)c1C. The van der Waals surface area contributed by atoms with Gasteiger partial charge in [0.05, 0.1) is 18.4 Å². The Morgan fingerprint density at radius 1 is 1.29 bits per heavy atom. The van der Waals surface area contributed by atoms with E-state index in [-0.39, 0.29) is 23.6 Å². The van der Waals surface area contributed by atoms with Crippen LogP contribution in [0.1, 0.15) is 39.0 Å². The van der Waals surface area contributed by atoms with E-state index in [0.29, 0.717) is 29.1 Å². The molecule has 164 valence electrons. The van der Waals surface area contributed by atoms with E-state index in [2.05, 4.69) is 9.97 Å². The lowest BCUT2D eigenvalue weighted by molar-refractivity contribution is -0.140. The van der Waals surface area contributed by atoms with Gasteiger partial charge in [0, 0.05) is 30.5 Å². The number of esters is 1.